The third kappa shape index (κ3) is 2.71. The third-order valence-corrected chi connectivity index (χ3v) is 1.57. The minimum atomic E-state index is -3.59. The van der Waals surface area contributed by atoms with Crippen LogP contribution in [-0.2, 0) is 11.2 Å². The molecule has 0 aliphatic heterocycles. The Balaban J connectivity index is 2.88. The van der Waals surface area contributed by atoms with Crippen LogP contribution in [0.25, 0.3) is 0 Å². The molecule has 14 heavy (non-hydrogen) atoms. The zero-order valence-corrected chi connectivity index (χ0v) is 7.01. The summed E-state index contributed by atoms with van der Waals surface area (Å²) in [5.41, 5.74) is -0.184. The largest absolute Gasteiger partial charge is 0.356 e. The van der Waals surface area contributed by atoms with Gasteiger partial charge in [-0.1, -0.05) is 18.2 Å². The SMILES string of the molecule is O=C=NC(F)(F)Cc1ccccc1F. The third-order valence-electron chi connectivity index (χ3n) is 1.57. The normalized spacial score (nSPS) is 10.8. The van der Waals surface area contributed by atoms with Gasteiger partial charge >= 0.3 is 6.05 Å². The lowest BCUT2D eigenvalue weighted by Crippen LogP contribution is -2.16. The van der Waals surface area contributed by atoms with Gasteiger partial charge in [-0.05, 0) is 11.6 Å². The highest BCUT2D eigenvalue weighted by atomic mass is 19.3. The average Bonchev–Trinajstić information content (AvgIpc) is 2.08. The van der Waals surface area contributed by atoms with Gasteiger partial charge in [-0.3, -0.25) is 0 Å². The molecule has 0 aliphatic carbocycles. The van der Waals surface area contributed by atoms with Gasteiger partial charge in [0.25, 0.3) is 0 Å². The lowest BCUT2D eigenvalue weighted by atomic mass is 10.1. The van der Waals surface area contributed by atoms with Gasteiger partial charge < -0.3 is 0 Å². The smallest absolute Gasteiger partial charge is 0.211 e. The van der Waals surface area contributed by atoms with Crippen LogP contribution >= 0.6 is 0 Å². The van der Waals surface area contributed by atoms with Gasteiger partial charge in [-0.15, -0.1) is 4.99 Å². The van der Waals surface area contributed by atoms with Crippen molar-refractivity contribution < 1.29 is 18.0 Å². The summed E-state index contributed by atoms with van der Waals surface area (Å²) in [6.07, 6.45) is -0.185. The molecule has 2 nitrogen and oxygen atoms in total. The van der Waals surface area contributed by atoms with Crippen LogP contribution in [0.3, 0.4) is 0 Å². The molecule has 1 aromatic carbocycles. The van der Waals surface area contributed by atoms with Crippen LogP contribution in [-0.4, -0.2) is 12.1 Å². The van der Waals surface area contributed by atoms with Gasteiger partial charge in [0.15, 0.2) is 0 Å². The Morgan fingerprint density at radius 3 is 2.57 bits per heavy atom. The van der Waals surface area contributed by atoms with Crippen molar-refractivity contribution in [2.45, 2.75) is 12.5 Å². The lowest BCUT2D eigenvalue weighted by molar-refractivity contribution is 0.0109. The van der Waals surface area contributed by atoms with Crippen molar-refractivity contribution in [3.05, 3.63) is 35.6 Å². The average molecular weight is 201 g/mol. The van der Waals surface area contributed by atoms with Crippen LogP contribution in [0.1, 0.15) is 5.56 Å². The summed E-state index contributed by atoms with van der Waals surface area (Å²) >= 11 is 0. The Labute approximate surface area is 78.1 Å². The van der Waals surface area contributed by atoms with E-state index in [2.05, 4.69) is 4.99 Å². The van der Waals surface area contributed by atoms with Gasteiger partial charge in [0.05, 0.1) is 6.42 Å². The lowest BCUT2D eigenvalue weighted by Gasteiger charge is -2.08. The first-order valence-corrected chi connectivity index (χ1v) is 3.75. The number of alkyl halides is 2. The Bertz CT molecular complexity index is 372. The Morgan fingerprint density at radius 2 is 2.00 bits per heavy atom. The van der Waals surface area contributed by atoms with Gasteiger partial charge in [0, 0.05) is 0 Å². The molecule has 0 aromatic heterocycles. The summed E-state index contributed by atoms with van der Waals surface area (Å²) in [7, 11) is 0. The van der Waals surface area contributed by atoms with E-state index >= 15 is 0 Å². The van der Waals surface area contributed by atoms with E-state index in [9.17, 15) is 18.0 Å². The second kappa shape index (κ2) is 4.07. The molecule has 74 valence electrons. The van der Waals surface area contributed by atoms with E-state index in [-0.39, 0.29) is 5.56 Å². The van der Waals surface area contributed by atoms with Crippen LogP contribution in [0.2, 0.25) is 0 Å². The molecule has 5 heteroatoms. The summed E-state index contributed by atoms with van der Waals surface area (Å²) in [5, 5.41) is 0. The quantitative estimate of drug-likeness (QED) is 0.419. The molecular formula is C9H6F3NO. The summed E-state index contributed by atoms with van der Waals surface area (Å²) in [5.74, 6) is -0.742. The van der Waals surface area contributed by atoms with Crippen molar-refractivity contribution in [2.75, 3.05) is 0 Å². The van der Waals surface area contributed by atoms with Crippen LogP contribution in [0, 0.1) is 5.82 Å². The molecule has 0 unspecified atom stereocenters. The molecule has 0 saturated heterocycles. The van der Waals surface area contributed by atoms with E-state index in [4.69, 9.17) is 0 Å². The van der Waals surface area contributed by atoms with Crippen LogP contribution in [0.15, 0.2) is 29.3 Å². The van der Waals surface area contributed by atoms with E-state index in [0.29, 0.717) is 0 Å². The highest BCUT2D eigenvalue weighted by Crippen LogP contribution is 2.22. The van der Waals surface area contributed by atoms with E-state index in [1.165, 1.54) is 18.2 Å². The van der Waals surface area contributed by atoms with E-state index < -0.39 is 18.3 Å². The Kier molecular flexibility index (Phi) is 3.04. The maximum atomic E-state index is 12.9. The van der Waals surface area contributed by atoms with E-state index in [1.807, 2.05) is 0 Å². The first kappa shape index (κ1) is 10.5. The summed E-state index contributed by atoms with van der Waals surface area (Å²) in [6.45, 7) is 0. The summed E-state index contributed by atoms with van der Waals surface area (Å²) in [6, 6.07) is 1.50. The fourth-order valence-electron chi connectivity index (χ4n) is 0.977. The molecule has 0 atom stereocenters. The molecule has 0 saturated carbocycles. The first-order valence-electron chi connectivity index (χ1n) is 3.75. The van der Waals surface area contributed by atoms with Crippen molar-refractivity contribution in [3.8, 4) is 0 Å². The molecule has 0 bridgehead atoms. The van der Waals surface area contributed by atoms with Gasteiger partial charge in [-0.2, -0.15) is 8.78 Å². The van der Waals surface area contributed by atoms with E-state index in [0.717, 1.165) is 12.1 Å². The predicted octanol–water partition coefficient (Wildman–Crippen LogP) is 2.30. The number of isocyanates is 1. The highest BCUT2D eigenvalue weighted by molar-refractivity contribution is 5.34. The number of rotatable bonds is 3. The van der Waals surface area contributed by atoms with Crippen LogP contribution < -0.4 is 0 Å². The number of hydrogen-bond donors (Lipinski definition) is 0. The molecule has 1 aromatic rings. The summed E-state index contributed by atoms with van der Waals surface area (Å²) in [4.78, 5) is 11.9. The highest BCUT2D eigenvalue weighted by Gasteiger charge is 2.29. The molecule has 0 aliphatic rings. The molecular weight excluding hydrogens is 195 g/mol. The molecule has 0 spiro atoms. The van der Waals surface area contributed by atoms with Gasteiger partial charge in [0.2, 0.25) is 6.08 Å². The van der Waals surface area contributed by atoms with Crippen molar-refractivity contribution >= 4 is 6.08 Å². The number of aliphatic imine (C=N–C) groups is 1. The minimum Gasteiger partial charge on any atom is -0.211 e. The fraction of sp³-hybridized carbons (Fsp3) is 0.222. The molecule has 1 rings (SSSR count). The number of carbonyl (C=O) groups excluding carboxylic acids is 1. The van der Waals surface area contributed by atoms with Crippen LogP contribution in [0.5, 0.6) is 0 Å². The number of halogens is 3. The second-order valence-corrected chi connectivity index (χ2v) is 2.64. The van der Waals surface area contributed by atoms with Gasteiger partial charge in [-0.25, -0.2) is 9.18 Å². The predicted molar refractivity (Wildman–Crippen MR) is 43.2 cm³/mol. The van der Waals surface area contributed by atoms with E-state index in [1.54, 1.807) is 0 Å². The fourth-order valence-corrected chi connectivity index (χ4v) is 0.977. The second-order valence-electron chi connectivity index (χ2n) is 2.64. The molecule has 0 N–H and O–H groups in total. The standard InChI is InChI=1S/C9H6F3NO/c10-8-4-2-1-3-7(8)5-9(11,12)13-6-14/h1-4H,5H2. The number of benzene rings is 1. The molecule has 0 fully saturated rings. The molecule has 0 heterocycles. The number of nitrogens with zero attached hydrogens (tertiary/aromatic N) is 1. The molecule has 0 radical (unpaired) electrons. The zero-order valence-electron chi connectivity index (χ0n) is 7.01. The van der Waals surface area contributed by atoms with Crippen molar-refractivity contribution in [3.63, 3.8) is 0 Å². The van der Waals surface area contributed by atoms with Crippen molar-refractivity contribution in [1.82, 2.24) is 0 Å². The van der Waals surface area contributed by atoms with Crippen molar-refractivity contribution in [1.29, 1.82) is 0 Å². The minimum absolute atomic E-state index is 0.184. The van der Waals surface area contributed by atoms with Crippen molar-refractivity contribution in [2.24, 2.45) is 4.99 Å². The first-order chi connectivity index (χ1) is 6.55. The molecule has 0 amide bonds. The zero-order chi connectivity index (χ0) is 10.6. The van der Waals surface area contributed by atoms with Gasteiger partial charge in [0.1, 0.15) is 5.82 Å². The Hall–Kier alpha value is -1.61. The Morgan fingerprint density at radius 1 is 1.36 bits per heavy atom. The maximum Gasteiger partial charge on any atom is 0.356 e. The maximum absolute atomic E-state index is 12.9. The topological polar surface area (TPSA) is 29.4 Å². The summed E-state index contributed by atoms with van der Waals surface area (Å²) < 4.78 is 38.3. The monoisotopic (exact) mass is 201 g/mol. The number of hydrogen-bond acceptors (Lipinski definition) is 2. The van der Waals surface area contributed by atoms with Crippen LogP contribution in [0.4, 0.5) is 13.2 Å².